The number of hydrogen-bond acceptors (Lipinski definition) is 3. The zero-order valence-corrected chi connectivity index (χ0v) is 11.1. The Balaban J connectivity index is 1.84. The number of nitrogens with two attached hydrogens (primary N) is 1. The molecule has 0 saturated heterocycles. The van der Waals surface area contributed by atoms with E-state index in [1.807, 2.05) is 30.3 Å². The number of halogens is 1. The molecule has 3 nitrogen and oxygen atoms in total. The van der Waals surface area contributed by atoms with Crippen LogP contribution in [0.2, 0.25) is 0 Å². The molecular weight excluding hydrogens is 255 g/mol. The van der Waals surface area contributed by atoms with E-state index in [-0.39, 0.29) is 11.9 Å². The van der Waals surface area contributed by atoms with Gasteiger partial charge in [-0.05, 0) is 36.2 Å². The predicted octanol–water partition coefficient (Wildman–Crippen LogP) is 3.52. The van der Waals surface area contributed by atoms with E-state index in [0.717, 1.165) is 16.7 Å². The Morgan fingerprint density at radius 2 is 2.05 bits per heavy atom. The lowest BCUT2D eigenvalue weighted by atomic mass is 10.0. The van der Waals surface area contributed by atoms with Crippen molar-refractivity contribution in [1.29, 1.82) is 0 Å². The predicted molar refractivity (Wildman–Crippen MR) is 75.8 cm³/mol. The van der Waals surface area contributed by atoms with E-state index in [0.29, 0.717) is 17.9 Å². The number of nitrogens with zero attached hydrogens (tertiary/aromatic N) is 1. The minimum absolute atomic E-state index is 0.240. The highest BCUT2D eigenvalue weighted by Crippen LogP contribution is 2.21. The van der Waals surface area contributed by atoms with Crippen molar-refractivity contribution in [1.82, 2.24) is 4.98 Å². The van der Waals surface area contributed by atoms with Crippen LogP contribution in [0.1, 0.15) is 23.1 Å². The van der Waals surface area contributed by atoms with Gasteiger partial charge in [0.1, 0.15) is 11.3 Å². The number of oxazole rings is 1. The lowest BCUT2D eigenvalue weighted by molar-refractivity contribution is 0.501. The number of aryl methyl sites for hydroxylation is 1. The first-order valence-corrected chi connectivity index (χ1v) is 6.49. The van der Waals surface area contributed by atoms with E-state index in [4.69, 9.17) is 10.2 Å². The summed E-state index contributed by atoms with van der Waals surface area (Å²) in [6.45, 7) is 1.73. The summed E-state index contributed by atoms with van der Waals surface area (Å²) in [5.74, 6) is 0.329. The Morgan fingerprint density at radius 3 is 2.80 bits per heavy atom. The highest BCUT2D eigenvalue weighted by atomic mass is 19.1. The van der Waals surface area contributed by atoms with Crippen LogP contribution in [0.4, 0.5) is 4.39 Å². The number of benzene rings is 2. The van der Waals surface area contributed by atoms with Crippen molar-refractivity contribution >= 4 is 11.1 Å². The van der Waals surface area contributed by atoms with Crippen LogP contribution in [0.5, 0.6) is 0 Å². The van der Waals surface area contributed by atoms with Crippen LogP contribution in [-0.2, 0) is 6.42 Å². The Morgan fingerprint density at radius 1 is 1.25 bits per heavy atom. The van der Waals surface area contributed by atoms with Crippen molar-refractivity contribution in [3.8, 4) is 0 Å². The van der Waals surface area contributed by atoms with Crippen molar-refractivity contribution < 1.29 is 8.81 Å². The molecule has 20 heavy (non-hydrogen) atoms. The molecule has 0 radical (unpaired) electrons. The van der Waals surface area contributed by atoms with E-state index in [9.17, 15) is 4.39 Å². The average Bonchev–Trinajstić information content (AvgIpc) is 2.83. The van der Waals surface area contributed by atoms with Gasteiger partial charge in [-0.2, -0.15) is 0 Å². The number of rotatable bonds is 3. The molecule has 4 heteroatoms. The normalized spacial score (nSPS) is 12.8. The van der Waals surface area contributed by atoms with Gasteiger partial charge in [-0.3, -0.25) is 0 Å². The highest BCUT2D eigenvalue weighted by molar-refractivity contribution is 5.72. The second kappa shape index (κ2) is 5.06. The van der Waals surface area contributed by atoms with Gasteiger partial charge in [0, 0.05) is 12.5 Å². The first-order chi connectivity index (χ1) is 9.63. The second-order valence-corrected chi connectivity index (χ2v) is 4.89. The molecule has 0 spiro atoms. The molecule has 1 heterocycles. The summed E-state index contributed by atoms with van der Waals surface area (Å²) in [4.78, 5) is 4.38. The van der Waals surface area contributed by atoms with E-state index in [1.54, 1.807) is 13.0 Å². The Hall–Kier alpha value is -2.20. The first kappa shape index (κ1) is 12.8. The number of aromatic nitrogens is 1. The maximum atomic E-state index is 13.6. The van der Waals surface area contributed by atoms with E-state index >= 15 is 0 Å². The zero-order chi connectivity index (χ0) is 14.1. The van der Waals surface area contributed by atoms with Crippen LogP contribution >= 0.6 is 0 Å². The van der Waals surface area contributed by atoms with Crippen molar-refractivity contribution in [2.45, 2.75) is 19.4 Å². The van der Waals surface area contributed by atoms with Crippen LogP contribution in [0, 0.1) is 12.7 Å². The molecule has 0 aliphatic carbocycles. The van der Waals surface area contributed by atoms with Crippen LogP contribution in [0.15, 0.2) is 46.9 Å². The first-order valence-electron chi connectivity index (χ1n) is 6.49. The van der Waals surface area contributed by atoms with Gasteiger partial charge in [0.15, 0.2) is 11.5 Å². The number of para-hydroxylation sites is 2. The third-order valence-electron chi connectivity index (χ3n) is 3.36. The molecule has 102 valence electrons. The molecule has 2 aromatic carbocycles. The topological polar surface area (TPSA) is 52.0 Å². The smallest absolute Gasteiger partial charge is 0.197 e. The third kappa shape index (κ3) is 2.42. The molecular formula is C16H15FN2O. The molecule has 1 atom stereocenters. The molecule has 0 aliphatic rings. The minimum Gasteiger partial charge on any atom is -0.441 e. The Bertz CT molecular complexity index is 718. The van der Waals surface area contributed by atoms with E-state index < -0.39 is 0 Å². The summed E-state index contributed by atoms with van der Waals surface area (Å²) in [6.07, 6.45) is 0.442. The fourth-order valence-corrected chi connectivity index (χ4v) is 2.15. The van der Waals surface area contributed by atoms with Gasteiger partial charge in [-0.15, -0.1) is 0 Å². The molecule has 3 aromatic rings. The van der Waals surface area contributed by atoms with E-state index in [2.05, 4.69) is 4.98 Å². The molecule has 0 saturated carbocycles. The van der Waals surface area contributed by atoms with Gasteiger partial charge in [0.05, 0.1) is 0 Å². The van der Waals surface area contributed by atoms with Crippen molar-refractivity contribution in [2.24, 2.45) is 5.73 Å². The quantitative estimate of drug-likeness (QED) is 0.792. The molecule has 0 amide bonds. The number of fused-ring (bicyclic) bond motifs is 1. The fraction of sp³-hybridized carbons (Fsp3) is 0.188. The molecule has 0 fully saturated rings. The Labute approximate surface area is 116 Å². The maximum absolute atomic E-state index is 13.6. The van der Waals surface area contributed by atoms with Gasteiger partial charge < -0.3 is 10.2 Å². The lowest BCUT2D eigenvalue weighted by Gasteiger charge is -2.10. The largest absolute Gasteiger partial charge is 0.441 e. The number of hydrogen-bond donors (Lipinski definition) is 1. The summed E-state index contributed by atoms with van der Waals surface area (Å²) < 4.78 is 19.2. The molecule has 1 unspecified atom stereocenters. The molecule has 3 rings (SSSR count). The van der Waals surface area contributed by atoms with Gasteiger partial charge in [0.25, 0.3) is 0 Å². The molecule has 0 aliphatic heterocycles. The molecule has 0 bridgehead atoms. The zero-order valence-electron chi connectivity index (χ0n) is 11.1. The maximum Gasteiger partial charge on any atom is 0.197 e. The monoisotopic (exact) mass is 270 g/mol. The molecule has 2 N–H and O–H groups in total. The third-order valence-corrected chi connectivity index (χ3v) is 3.36. The average molecular weight is 270 g/mol. The summed E-state index contributed by atoms with van der Waals surface area (Å²) >= 11 is 0. The highest BCUT2D eigenvalue weighted by Gasteiger charge is 2.13. The summed E-state index contributed by atoms with van der Waals surface area (Å²) in [7, 11) is 0. The summed E-state index contributed by atoms with van der Waals surface area (Å²) in [5, 5.41) is 0. The van der Waals surface area contributed by atoms with Gasteiger partial charge >= 0.3 is 0 Å². The Kier molecular flexibility index (Phi) is 3.24. The lowest BCUT2D eigenvalue weighted by Crippen LogP contribution is -2.13. The van der Waals surface area contributed by atoms with Gasteiger partial charge in [-0.1, -0.05) is 24.3 Å². The minimum atomic E-state index is -0.335. The van der Waals surface area contributed by atoms with Gasteiger partial charge in [-0.25, -0.2) is 9.37 Å². The van der Waals surface area contributed by atoms with Crippen molar-refractivity contribution in [3.63, 3.8) is 0 Å². The van der Waals surface area contributed by atoms with Crippen LogP contribution < -0.4 is 5.73 Å². The van der Waals surface area contributed by atoms with Crippen LogP contribution in [0.25, 0.3) is 11.1 Å². The second-order valence-electron chi connectivity index (χ2n) is 4.89. The fourth-order valence-electron chi connectivity index (χ4n) is 2.15. The SMILES string of the molecule is Cc1ccc(C(N)Cc2nc3ccccc3o2)cc1F. The van der Waals surface area contributed by atoms with Crippen LogP contribution in [-0.4, -0.2) is 4.98 Å². The standard InChI is InChI=1S/C16H15FN2O/c1-10-6-7-11(8-12(10)17)13(18)9-16-19-14-4-2-3-5-15(14)20-16/h2-8,13H,9,18H2,1H3. The van der Waals surface area contributed by atoms with E-state index in [1.165, 1.54) is 6.07 Å². The summed E-state index contributed by atoms with van der Waals surface area (Å²) in [6, 6.07) is 12.3. The van der Waals surface area contributed by atoms with Crippen LogP contribution in [0.3, 0.4) is 0 Å². The van der Waals surface area contributed by atoms with Crippen molar-refractivity contribution in [2.75, 3.05) is 0 Å². The van der Waals surface area contributed by atoms with Crippen molar-refractivity contribution in [3.05, 3.63) is 65.3 Å². The summed E-state index contributed by atoms with van der Waals surface area (Å²) in [5.41, 5.74) is 9.01. The molecule has 1 aromatic heterocycles. The van der Waals surface area contributed by atoms with Gasteiger partial charge in [0.2, 0.25) is 0 Å².